The van der Waals surface area contributed by atoms with Gasteiger partial charge in [-0.3, -0.25) is 19.4 Å². The number of nitrogens with zero attached hydrogens (tertiary/aromatic N) is 3. The topological polar surface area (TPSA) is 172 Å². The average molecular weight is 1070 g/mol. The van der Waals surface area contributed by atoms with E-state index in [4.69, 9.17) is 0 Å². The number of Topliss-reactive ketones (excluding diaryl/α,β-unsaturated/α-hetero) is 3. The lowest BCUT2D eigenvalue weighted by molar-refractivity contribution is -0.138. The number of amides is 1. The fraction of sp³-hybridized carbons (Fsp3) is 0.600. The van der Waals surface area contributed by atoms with Gasteiger partial charge < -0.3 is 34.8 Å². The number of sulfone groups is 1. The maximum absolute atomic E-state index is 10.8. The quantitative estimate of drug-likeness (QED) is 0.145. The summed E-state index contributed by atoms with van der Waals surface area (Å²) in [5.41, 5.74) is 7.43. The number of anilines is 1. The van der Waals surface area contributed by atoms with Crippen molar-refractivity contribution in [3.05, 3.63) is 101 Å². The Labute approximate surface area is 459 Å². The third-order valence-corrected chi connectivity index (χ3v) is 5.69. The second kappa shape index (κ2) is 70.0. The van der Waals surface area contributed by atoms with Crippen molar-refractivity contribution < 1.29 is 37.1 Å². The number of ketones is 3. The summed E-state index contributed by atoms with van der Waals surface area (Å²) < 4.78 is 23.4. The first-order chi connectivity index (χ1) is 32.7. The molecule has 13 nitrogen and oxygen atoms in total. The highest BCUT2D eigenvalue weighted by molar-refractivity contribution is 7.89. The average Bonchev–Trinajstić information content (AvgIpc) is 3.22. The van der Waals surface area contributed by atoms with Gasteiger partial charge in [-0.25, -0.2) is 8.42 Å². The summed E-state index contributed by atoms with van der Waals surface area (Å²) >= 11 is 0. The zero-order valence-electron chi connectivity index (χ0n) is 51.6. The molecular formula is C60H119N5O8S. The first kappa shape index (κ1) is 98.2. The molecule has 0 unspecified atom stereocenters. The molecule has 3 rings (SSSR count). The van der Waals surface area contributed by atoms with Crippen LogP contribution in [0.2, 0.25) is 0 Å². The van der Waals surface area contributed by atoms with Gasteiger partial charge in [0.15, 0.2) is 5.78 Å². The van der Waals surface area contributed by atoms with Crippen molar-refractivity contribution in [3.8, 4) is 0 Å². The SMILES string of the molecule is C.C.CC(=O)N(C)C.CC(=O)c1ccc(C)cc1.CC(C)(C)C.CC(C)=O.CCC.CCC(C)=O.CCNc1ccc(C)cc1.CN(C)C.CN=C(C)C.CNC.COC(C)=O.CS(C)(=O)=O.Cc1ccccc1. The Hall–Kier alpha value is -5.05. The molecule has 0 saturated carbocycles. The first-order valence-corrected chi connectivity index (χ1v) is 26.3. The standard InChI is InChI=1S/C9H13N.C9H10O.C7H8.C5H12.C4H9NO.C4H9N.C4H8O.C3H9N.C3H6O2.C3H6O.C3H8.C2H7N.C2H6O2S.2CH4/c1-3-10-9-6-4-8(2)5-7-9;1-7-3-5-9(6-4-7)8(2)10;1-7-5-3-2-4-6-7;1-5(2,3)4;1-4(6)5(2)3;1-4(2)5-3;1-3-4(2)5;1-4(2)3;1-3(4)5-2;1-3(2)4;2*1-3-2;1-5(2,3)4;;/h4-7,10H,3H2,1-2H3;3-6H,1-2H3;2-6H,1H3;1-4H3;1-3H3;1-3H3;3H2,1-2H3;1-3H3;1-2H3;1-2H3;3H2,1-2H3;3H,1-2H3;1-2H3;2*1H4. The lowest BCUT2D eigenvalue weighted by Gasteiger charge is -2.05. The molecule has 0 radical (unpaired) electrons. The van der Waals surface area contributed by atoms with E-state index in [0.29, 0.717) is 11.8 Å². The predicted octanol–water partition coefficient (Wildman–Crippen LogP) is 14.0. The minimum atomic E-state index is -2.67. The molecule has 2 N–H and O–H groups in total. The van der Waals surface area contributed by atoms with Crippen LogP contribution in [0.4, 0.5) is 5.69 Å². The van der Waals surface area contributed by atoms with Crippen LogP contribution in [-0.2, 0) is 33.8 Å². The van der Waals surface area contributed by atoms with Crippen LogP contribution in [0.1, 0.15) is 166 Å². The van der Waals surface area contributed by atoms with Crippen molar-refractivity contribution in [2.75, 3.05) is 87.9 Å². The molecule has 438 valence electrons. The van der Waals surface area contributed by atoms with E-state index in [9.17, 15) is 32.4 Å². The maximum atomic E-state index is 10.8. The van der Waals surface area contributed by atoms with Crippen molar-refractivity contribution in [3.63, 3.8) is 0 Å². The highest BCUT2D eigenvalue weighted by Gasteiger charge is 1.96. The van der Waals surface area contributed by atoms with Gasteiger partial charge in [-0.2, -0.15) is 0 Å². The van der Waals surface area contributed by atoms with E-state index < -0.39 is 9.84 Å². The monoisotopic (exact) mass is 1070 g/mol. The second-order valence-corrected chi connectivity index (χ2v) is 20.7. The van der Waals surface area contributed by atoms with Crippen LogP contribution < -0.4 is 10.6 Å². The molecule has 0 aliphatic carbocycles. The molecule has 0 saturated heterocycles. The molecule has 0 aliphatic heterocycles. The number of hydrogen-bond acceptors (Lipinski definition) is 12. The van der Waals surface area contributed by atoms with E-state index in [0.717, 1.165) is 30.3 Å². The first-order valence-electron chi connectivity index (χ1n) is 24.0. The minimum Gasteiger partial charge on any atom is -0.469 e. The van der Waals surface area contributed by atoms with Crippen LogP contribution in [0.3, 0.4) is 0 Å². The summed E-state index contributed by atoms with van der Waals surface area (Å²) in [5.74, 6) is 0.394. The summed E-state index contributed by atoms with van der Waals surface area (Å²) in [7, 11) is 13.7. The Kier molecular flexibility index (Phi) is 92.9. The molecule has 14 heteroatoms. The fourth-order valence-corrected chi connectivity index (χ4v) is 2.20. The number of rotatable bonds is 4. The number of methoxy groups -OCH3 is 1. The zero-order valence-corrected chi connectivity index (χ0v) is 52.5. The Balaban J connectivity index is -0.0000000572. The Bertz CT molecular complexity index is 1750. The van der Waals surface area contributed by atoms with Gasteiger partial charge in [0.1, 0.15) is 21.4 Å². The van der Waals surface area contributed by atoms with Crippen molar-refractivity contribution in [1.29, 1.82) is 0 Å². The van der Waals surface area contributed by atoms with Crippen molar-refractivity contribution in [2.45, 2.75) is 159 Å². The molecule has 0 atom stereocenters. The van der Waals surface area contributed by atoms with Gasteiger partial charge in [-0.05, 0) is 122 Å². The summed E-state index contributed by atoms with van der Waals surface area (Å²) in [4.78, 5) is 57.0. The smallest absolute Gasteiger partial charge is 0.302 e. The van der Waals surface area contributed by atoms with Crippen LogP contribution in [0, 0.1) is 26.2 Å². The van der Waals surface area contributed by atoms with Crippen LogP contribution >= 0.6 is 0 Å². The van der Waals surface area contributed by atoms with E-state index in [1.54, 1.807) is 35.0 Å². The molecule has 0 fully saturated rings. The highest BCUT2D eigenvalue weighted by Crippen LogP contribution is 2.08. The predicted molar refractivity (Wildman–Crippen MR) is 332 cm³/mol. The van der Waals surface area contributed by atoms with Crippen molar-refractivity contribution in [2.24, 2.45) is 10.4 Å². The Morgan fingerprint density at radius 1 is 0.622 bits per heavy atom. The van der Waals surface area contributed by atoms with Gasteiger partial charge in [0, 0.05) is 77.4 Å². The molecule has 1 amide bonds. The minimum absolute atomic E-state index is 0. The number of benzene rings is 3. The van der Waals surface area contributed by atoms with E-state index in [-0.39, 0.29) is 44.1 Å². The molecule has 0 bridgehead atoms. The largest absolute Gasteiger partial charge is 0.469 e. The van der Waals surface area contributed by atoms with Gasteiger partial charge in [0.25, 0.3) is 0 Å². The summed E-state index contributed by atoms with van der Waals surface area (Å²) in [6.45, 7) is 37.2. The molecule has 0 aromatic heterocycles. The summed E-state index contributed by atoms with van der Waals surface area (Å²) in [6.07, 6.45) is 4.24. The molecule has 0 aliphatic rings. The second-order valence-electron chi connectivity index (χ2n) is 18.4. The van der Waals surface area contributed by atoms with E-state index >= 15 is 0 Å². The third-order valence-electron chi connectivity index (χ3n) is 5.69. The van der Waals surface area contributed by atoms with Crippen LogP contribution in [0.25, 0.3) is 0 Å². The highest BCUT2D eigenvalue weighted by atomic mass is 32.2. The maximum Gasteiger partial charge on any atom is 0.302 e. The molecular weight excluding hydrogens is 951 g/mol. The summed E-state index contributed by atoms with van der Waals surface area (Å²) in [6, 6.07) is 26.2. The lowest BCUT2D eigenvalue weighted by atomic mass is 10.0. The van der Waals surface area contributed by atoms with Gasteiger partial charge in [0.05, 0.1) is 7.11 Å². The molecule has 74 heavy (non-hydrogen) atoms. The number of hydrogen-bond donors (Lipinski definition) is 2. The number of aryl methyl sites for hydroxylation is 3. The fourth-order valence-electron chi connectivity index (χ4n) is 2.20. The van der Waals surface area contributed by atoms with Crippen LogP contribution in [0.5, 0.6) is 0 Å². The van der Waals surface area contributed by atoms with E-state index in [1.807, 2.05) is 110 Å². The number of ether oxygens (including phenoxy) is 1. The number of carbonyl (C=O) groups excluding carboxylic acids is 5. The number of nitrogens with one attached hydrogen (secondary N) is 2. The Morgan fingerprint density at radius 3 is 0.973 bits per heavy atom. The van der Waals surface area contributed by atoms with Crippen LogP contribution in [-0.4, -0.2) is 136 Å². The van der Waals surface area contributed by atoms with E-state index in [1.165, 1.54) is 68.5 Å². The van der Waals surface area contributed by atoms with Crippen LogP contribution in [0.15, 0.2) is 83.9 Å². The van der Waals surface area contributed by atoms with Gasteiger partial charge in [0.2, 0.25) is 5.91 Å². The molecule has 0 heterocycles. The van der Waals surface area contributed by atoms with Gasteiger partial charge >= 0.3 is 5.97 Å². The van der Waals surface area contributed by atoms with Gasteiger partial charge in [-0.15, -0.1) is 0 Å². The molecule has 3 aromatic carbocycles. The zero-order chi connectivity index (χ0) is 59.6. The summed E-state index contributed by atoms with van der Waals surface area (Å²) in [5, 5.41) is 5.98. The Morgan fingerprint density at radius 2 is 0.838 bits per heavy atom. The van der Waals surface area contributed by atoms with Crippen molar-refractivity contribution >= 4 is 50.5 Å². The lowest BCUT2D eigenvalue weighted by Crippen LogP contribution is -2.17. The van der Waals surface area contributed by atoms with Gasteiger partial charge in [-0.1, -0.05) is 153 Å². The third kappa shape index (κ3) is 182. The number of carbonyl (C=O) groups is 5. The number of esters is 1. The molecule has 3 aromatic rings. The normalized spacial score (nSPS) is 8.36. The van der Waals surface area contributed by atoms with E-state index in [2.05, 4.69) is 119 Å². The number of aliphatic imine (C=N–C) groups is 1. The van der Waals surface area contributed by atoms with Crippen molar-refractivity contribution in [1.82, 2.24) is 15.1 Å². The molecule has 0 spiro atoms.